The Morgan fingerprint density at radius 1 is 1.42 bits per heavy atom. The van der Waals surface area contributed by atoms with Crippen LogP contribution in [0.15, 0.2) is 30.6 Å². The van der Waals surface area contributed by atoms with E-state index in [1.165, 1.54) is 12.1 Å². The maximum absolute atomic E-state index is 12.8. The van der Waals surface area contributed by atoms with Crippen LogP contribution in [-0.2, 0) is 7.05 Å². The molecule has 0 fully saturated rings. The lowest BCUT2D eigenvalue weighted by Crippen LogP contribution is -2.40. The van der Waals surface area contributed by atoms with Crippen LogP contribution in [0.3, 0.4) is 0 Å². The van der Waals surface area contributed by atoms with Crippen LogP contribution < -0.4 is 10.1 Å². The molecule has 1 atom stereocenters. The zero-order chi connectivity index (χ0) is 17.5. The second-order valence-electron chi connectivity index (χ2n) is 5.55. The van der Waals surface area contributed by atoms with E-state index in [0.717, 1.165) is 0 Å². The van der Waals surface area contributed by atoms with Crippen molar-refractivity contribution >= 4 is 6.03 Å². The summed E-state index contributed by atoms with van der Waals surface area (Å²) in [6.07, 6.45) is 2.26. The molecule has 0 saturated carbocycles. The van der Waals surface area contributed by atoms with E-state index in [2.05, 4.69) is 15.5 Å². The molecule has 130 valence electrons. The Kier molecular flexibility index (Phi) is 6.11. The lowest BCUT2D eigenvalue weighted by Gasteiger charge is -2.21. The number of aryl methyl sites for hydroxylation is 1. The third kappa shape index (κ3) is 4.94. The van der Waals surface area contributed by atoms with E-state index in [-0.39, 0.29) is 17.9 Å². The average Bonchev–Trinajstić information content (AvgIpc) is 2.99. The fourth-order valence-electron chi connectivity index (χ4n) is 2.17. The molecule has 0 aliphatic carbocycles. The highest BCUT2D eigenvalue weighted by atomic mass is 19.1. The van der Waals surface area contributed by atoms with Crippen LogP contribution in [0.1, 0.15) is 25.2 Å². The van der Waals surface area contributed by atoms with Crippen molar-refractivity contribution in [3.05, 3.63) is 42.2 Å². The Morgan fingerprint density at radius 3 is 2.75 bits per heavy atom. The van der Waals surface area contributed by atoms with E-state index >= 15 is 0 Å². The van der Waals surface area contributed by atoms with Gasteiger partial charge in [-0.25, -0.2) is 9.18 Å². The minimum absolute atomic E-state index is 0.188. The topological polar surface area (TPSA) is 72.3 Å². The molecule has 2 aromatic rings. The number of nitrogens with zero attached hydrogens (tertiary/aromatic N) is 4. The zero-order valence-corrected chi connectivity index (χ0v) is 14.1. The second kappa shape index (κ2) is 8.28. The van der Waals surface area contributed by atoms with Crippen molar-refractivity contribution in [1.82, 2.24) is 25.0 Å². The number of aromatic nitrogens is 3. The lowest BCUT2D eigenvalue weighted by molar-refractivity contribution is 0.199. The van der Waals surface area contributed by atoms with Crippen LogP contribution >= 0.6 is 0 Å². The van der Waals surface area contributed by atoms with Gasteiger partial charge in [-0.3, -0.25) is 0 Å². The summed E-state index contributed by atoms with van der Waals surface area (Å²) in [5, 5.41) is 10.6. The Morgan fingerprint density at radius 2 is 2.12 bits per heavy atom. The first-order valence-electron chi connectivity index (χ1n) is 7.71. The van der Waals surface area contributed by atoms with Gasteiger partial charge in [-0.15, -0.1) is 10.2 Å². The summed E-state index contributed by atoms with van der Waals surface area (Å²) in [6.45, 7) is 2.84. The van der Waals surface area contributed by atoms with Crippen LogP contribution in [0.4, 0.5) is 9.18 Å². The highest BCUT2D eigenvalue weighted by Crippen LogP contribution is 2.11. The van der Waals surface area contributed by atoms with Crippen molar-refractivity contribution in [1.29, 1.82) is 0 Å². The van der Waals surface area contributed by atoms with Crippen molar-refractivity contribution in [2.45, 2.75) is 19.4 Å². The van der Waals surface area contributed by atoms with Gasteiger partial charge in [-0.05, 0) is 37.6 Å². The van der Waals surface area contributed by atoms with Crippen molar-refractivity contribution < 1.29 is 13.9 Å². The molecule has 1 aromatic heterocycles. The maximum atomic E-state index is 12.8. The number of rotatable bonds is 7. The first-order valence-corrected chi connectivity index (χ1v) is 7.71. The number of hydrogen-bond donors (Lipinski definition) is 1. The van der Waals surface area contributed by atoms with Crippen molar-refractivity contribution in [3.8, 4) is 5.75 Å². The van der Waals surface area contributed by atoms with Crippen LogP contribution in [0.2, 0.25) is 0 Å². The number of carbonyl (C=O) groups excluding carboxylic acids is 1. The van der Waals surface area contributed by atoms with Gasteiger partial charge < -0.3 is 19.5 Å². The summed E-state index contributed by atoms with van der Waals surface area (Å²) in [6, 6.07) is 5.43. The van der Waals surface area contributed by atoms with Crippen molar-refractivity contribution in [3.63, 3.8) is 0 Å². The molecule has 0 radical (unpaired) electrons. The van der Waals surface area contributed by atoms with E-state index in [9.17, 15) is 9.18 Å². The molecule has 24 heavy (non-hydrogen) atoms. The largest absolute Gasteiger partial charge is 0.494 e. The molecule has 7 nitrogen and oxygen atoms in total. The molecule has 2 amide bonds. The summed E-state index contributed by atoms with van der Waals surface area (Å²) < 4.78 is 20.0. The molecular formula is C16H22FN5O2. The molecule has 0 bridgehead atoms. The number of halogens is 1. The molecule has 2 rings (SSSR count). The Labute approximate surface area is 140 Å². The molecule has 0 aliphatic heterocycles. The summed E-state index contributed by atoms with van der Waals surface area (Å²) in [5.41, 5.74) is 0. The number of benzene rings is 1. The first kappa shape index (κ1) is 17.7. The van der Waals surface area contributed by atoms with Gasteiger partial charge in [0.05, 0.1) is 12.6 Å². The molecule has 1 heterocycles. The number of carbonyl (C=O) groups is 1. The molecule has 8 heteroatoms. The smallest absolute Gasteiger partial charge is 0.317 e. The molecular weight excluding hydrogens is 313 g/mol. The number of hydrogen-bond acceptors (Lipinski definition) is 4. The summed E-state index contributed by atoms with van der Waals surface area (Å²) in [5.74, 6) is 1.01. The van der Waals surface area contributed by atoms with Crippen LogP contribution in [0.5, 0.6) is 5.75 Å². The van der Waals surface area contributed by atoms with Crippen LogP contribution in [0, 0.1) is 5.82 Å². The van der Waals surface area contributed by atoms with E-state index in [1.807, 2.05) is 14.0 Å². The standard InChI is InChI=1S/C16H22FN5O2/c1-12(15-20-18-11-22(15)3)19-16(23)21(2)9-4-10-24-14-7-5-13(17)6-8-14/h5-8,11-12H,4,9-10H2,1-3H3,(H,19,23)/t12-/m0/s1. The molecule has 0 saturated heterocycles. The van der Waals surface area contributed by atoms with E-state index in [1.54, 1.807) is 35.0 Å². The number of nitrogens with one attached hydrogen (secondary N) is 1. The predicted molar refractivity (Wildman–Crippen MR) is 87.1 cm³/mol. The van der Waals surface area contributed by atoms with Gasteiger partial charge in [-0.1, -0.05) is 0 Å². The Bertz CT molecular complexity index is 659. The van der Waals surface area contributed by atoms with E-state index in [4.69, 9.17) is 4.74 Å². The van der Waals surface area contributed by atoms with Gasteiger partial charge in [0.15, 0.2) is 5.82 Å². The van der Waals surface area contributed by atoms with Gasteiger partial charge in [0.2, 0.25) is 0 Å². The third-order valence-electron chi connectivity index (χ3n) is 3.54. The van der Waals surface area contributed by atoms with Gasteiger partial charge in [0.1, 0.15) is 17.9 Å². The van der Waals surface area contributed by atoms with Crippen LogP contribution in [0.25, 0.3) is 0 Å². The monoisotopic (exact) mass is 335 g/mol. The third-order valence-corrected chi connectivity index (χ3v) is 3.54. The summed E-state index contributed by atoms with van der Waals surface area (Å²) in [7, 11) is 3.55. The number of amides is 2. The van der Waals surface area contributed by atoms with Gasteiger partial charge in [0.25, 0.3) is 0 Å². The minimum atomic E-state index is -0.296. The Hall–Kier alpha value is -2.64. The van der Waals surface area contributed by atoms with Gasteiger partial charge in [-0.2, -0.15) is 0 Å². The fraction of sp³-hybridized carbons (Fsp3) is 0.438. The maximum Gasteiger partial charge on any atom is 0.317 e. The van der Waals surface area contributed by atoms with E-state index < -0.39 is 0 Å². The fourth-order valence-corrected chi connectivity index (χ4v) is 2.17. The van der Waals surface area contributed by atoms with Crippen molar-refractivity contribution in [2.24, 2.45) is 7.05 Å². The van der Waals surface area contributed by atoms with Gasteiger partial charge >= 0.3 is 6.03 Å². The highest BCUT2D eigenvalue weighted by Gasteiger charge is 2.16. The quantitative estimate of drug-likeness (QED) is 0.787. The SMILES string of the molecule is C[C@H](NC(=O)N(C)CCCOc1ccc(F)cc1)c1nncn1C. The molecule has 0 aliphatic rings. The highest BCUT2D eigenvalue weighted by molar-refractivity contribution is 5.74. The molecule has 1 aromatic carbocycles. The lowest BCUT2D eigenvalue weighted by atomic mass is 10.3. The Balaban J connectivity index is 1.70. The predicted octanol–water partition coefficient (Wildman–Crippen LogP) is 2.13. The molecule has 1 N–H and O–H groups in total. The number of ether oxygens (including phenoxy) is 1. The first-order chi connectivity index (χ1) is 11.5. The molecule has 0 unspecified atom stereocenters. The molecule has 0 spiro atoms. The van der Waals surface area contributed by atoms with Crippen molar-refractivity contribution in [2.75, 3.05) is 20.2 Å². The summed E-state index contributed by atoms with van der Waals surface area (Å²) in [4.78, 5) is 13.7. The van der Waals surface area contributed by atoms with E-state index in [0.29, 0.717) is 31.1 Å². The number of urea groups is 1. The zero-order valence-electron chi connectivity index (χ0n) is 14.1. The normalized spacial score (nSPS) is 11.8. The average molecular weight is 335 g/mol. The summed E-state index contributed by atoms with van der Waals surface area (Å²) >= 11 is 0. The van der Waals surface area contributed by atoms with Crippen LogP contribution in [-0.4, -0.2) is 45.9 Å². The van der Waals surface area contributed by atoms with Gasteiger partial charge in [0, 0.05) is 20.6 Å². The minimum Gasteiger partial charge on any atom is -0.494 e. The second-order valence-corrected chi connectivity index (χ2v) is 5.55.